The maximum absolute atomic E-state index is 12.9. The number of methoxy groups -OCH3 is 1. The molecule has 0 bridgehead atoms. The number of amides is 1. The maximum Gasteiger partial charge on any atom is 0.302 e. The molecule has 1 saturated heterocycles. The number of piperazine rings is 1. The van der Waals surface area contributed by atoms with Crippen LogP contribution in [-0.2, 0) is 33.8 Å². The maximum atomic E-state index is 12.9. The van der Waals surface area contributed by atoms with Crippen molar-refractivity contribution in [3.63, 3.8) is 0 Å². The summed E-state index contributed by atoms with van der Waals surface area (Å²) in [5.41, 5.74) is 5.64. The lowest BCUT2D eigenvalue weighted by Gasteiger charge is -2.35. The summed E-state index contributed by atoms with van der Waals surface area (Å²) in [6.07, 6.45) is 1.07. The van der Waals surface area contributed by atoms with Crippen LogP contribution in [0.2, 0.25) is 5.02 Å². The Bertz CT molecular complexity index is 1130. The van der Waals surface area contributed by atoms with E-state index in [2.05, 4.69) is 24.0 Å². The van der Waals surface area contributed by atoms with Gasteiger partial charge in [-0.15, -0.1) is 0 Å². The minimum atomic E-state index is -0.276. The van der Waals surface area contributed by atoms with Gasteiger partial charge in [-0.25, -0.2) is 0 Å². The lowest BCUT2D eigenvalue weighted by Crippen LogP contribution is -2.49. The quantitative estimate of drug-likeness (QED) is 0.515. The zero-order valence-corrected chi connectivity index (χ0v) is 21.6. The van der Waals surface area contributed by atoms with E-state index in [1.54, 1.807) is 12.1 Å². The summed E-state index contributed by atoms with van der Waals surface area (Å²) < 4.78 is 10.5. The summed E-state index contributed by atoms with van der Waals surface area (Å²) in [5.74, 6) is 0.164. The Labute approximate surface area is 212 Å². The number of esters is 1. The fourth-order valence-electron chi connectivity index (χ4n) is 4.37. The monoisotopic (exact) mass is 497 g/mol. The van der Waals surface area contributed by atoms with Crippen LogP contribution in [0.15, 0.2) is 24.3 Å². The highest BCUT2D eigenvalue weighted by atomic mass is 35.5. The molecule has 8 heteroatoms. The first kappa shape index (κ1) is 26.5. The van der Waals surface area contributed by atoms with Crippen molar-refractivity contribution in [1.29, 1.82) is 5.26 Å². The molecule has 0 spiro atoms. The topological polar surface area (TPSA) is 82.9 Å². The molecule has 7 nitrogen and oxygen atoms in total. The average Bonchev–Trinajstić information content (AvgIpc) is 2.84. The van der Waals surface area contributed by atoms with Crippen molar-refractivity contribution in [2.24, 2.45) is 0 Å². The molecule has 186 valence electrons. The van der Waals surface area contributed by atoms with E-state index >= 15 is 0 Å². The molecule has 0 aliphatic carbocycles. The fourth-order valence-corrected chi connectivity index (χ4v) is 4.60. The van der Waals surface area contributed by atoms with Gasteiger partial charge in [0.2, 0.25) is 5.91 Å². The van der Waals surface area contributed by atoms with Gasteiger partial charge in [0.15, 0.2) is 0 Å². The summed E-state index contributed by atoms with van der Waals surface area (Å²) in [5, 5.41) is 9.59. The predicted octanol–water partition coefficient (Wildman–Crippen LogP) is 3.83. The zero-order valence-electron chi connectivity index (χ0n) is 20.8. The van der Waals surface area contributed by atoms with E-state index < -0.39 is 0 Å². The Morgan fingerprint density at radius 2 is 1.83 bits per heavy atom. The van der Waals surface area contributed by atoms with Gasteiger partial charge in [0.05, 0.1) is 19.1 Å². The Hall–Kier alpha value is -3.08. The molecule has 1 fully saturated rings. The van der Waals surface area contributed by atoms with Crippen LogP contribution in [0, 0.1) is 25.2 Å². The Morgan fingerprint density at radius 1 is 1.11 bits per heavy atom. The molecule has 0 atom stereocenters. The number of nitrogens with zero attached hydrogens (tertiary/aromatic N) is 3. The fraction of sp³-hybridized carbons (Fsp3) is 0.444. The lowest BCUT2D eigenvalue weighted by atomic mass is 9.96. The number of aryl methyl sites for hydroxylation is 1. The number of rotatable bonds is 8. The van der Waals surface area contributed by atoms with Crippen molar-refractivity contribution in [2.75, 3.05) is 39.8 Å². The number of benzene rings is 2. The second-order valence-electron chi connectivity index (χ2n) is 8.83. The number of ether oxygens (including phenoxy) is 2. The van der Waals surface area contributed by atoms with Gasteiger partial charge in [-0.3, -0.25) is 14.5 Å². The third-order valence-electron chi connectivity index (χ3n) is 6.62. The third-order valence-corrected chi connectivity index (χ3v) is 6.97. The van der Waals surface area contributed by atoms with Crippen molar-refractivity contribution in [3.8, 4) is 11.8 Å². The number of hydrogen-bond acceptors (Lipinski definition) is 6. The third kappa shape index (κ3) is 6.74. The van der Waals surface area contributed by atoms with Gasteiger partial charge in [-0.1, -0.05) is 23.7 Å². The first-order chi connectivity index (χ1) is 16.7. The van der Waals surface area contributed by atoms with E-state index in [-0.39, 0.29) is 18.3 Å². The van der Waals surface area contributed by atoms with Crippen molar-refractivity contribution >= 4 is 23.5 Å². The van der Waals surface area contributed by atoms with Gasteiger partial charge in [-0.05, 0) is 60.2 Å². The molecular formula is C27H32ClN3O4. The van der Waals surface area contributed by atoms with Crippen LogP contribution >= 0.6 is 11.6 Å². The molecule has 0 N–H and O–H groups in total. The largest absolute Gasteiger partial charge is 0.495 e. The predicted molar refractivity (Wildman–Crippen MR) is 135 cm³/mol. The van der Waals surface area contributed by atoms with Crippen molar-refractivity contribution in [1.82, 2.24) is 9.80 Å². The Balaban J connectivity index is 1.54. The highest BCUT2D eigenvalue weighted by Crippen LogP contribution is 2.27. The molecule has 1 aliphatic heterocycles. The van der Waals surface area contributed by atoms with Gasteiger partial charge in [-0.2, -0.15) is 5.26 Å². The molecule has 0 radical (unpaired) electrons. The van der Waals surface area contributed by atoms with Crippen LogP contribution in [0.5, 0.6) is 5.75 Å². The summed E-state index contributed by atoms with van der Waals surface area (Å²) >= 11 is 6.30. The van der Waals surface area contributed by atoms with Gasteiger partial charge >= 0.3 is 5.97 Å². The van der Waals surface area contributed by atoms with Crippen molar-refractivity contribution in [3.05, 3.63) is 62.7 Å². The molecule has 1 amide bonds. The summed E-state index contributed by atoms with van der Waals surface area (Å²) in [6, 6.07) is 9.51. The SMILES string of the molecule is COc1cc(CC(=O)N2CCN(CCc3ccc(C)c(COC(C)=O)c3C)CC2)c(Cl)cc1C#N. The molecule has 35 heavy (non-hydrogen) atoms. The van der Waals surface area contributed by atoms with Crippen LogP contribution in [-0.4, -0.2) is 61.5 Å². The van der Waals surface area contributed by atoms with E-state index in [1.807, 2.05) is 17.9 Å². The van der Waals surface area contributed by atoms with Crippen LogP contribution < -0.4 is 4.74 Å². The van der Waals surface area contributed by atoms with Crippen molar-refractivity contribution < 1.29 is 19.1 Å². The molecule has 1 aliphatic rings. The number of nitriles is 1. The van der Waals surface area contributed by atoms with Gasteiger partial charge in [0, 0.05) is 44.7 Å². The van der Waals surface area contributed by atoms with Gasteiger partial charge in [0.25, 0.3) is 0 Å². The molecule has 0 saturated carbocycles. The van der Waals surface area contributed by atoms with Crippen LogP contribution in [0.1, 0.15) is 40.3 Å². The highest BCUT2D eigenvalue weighted by molar-refractivity contribution is 6.31. The summed E-state index contributed by atoms with van der Waals surface area (Å²) in [4.78, 5) is 28.3. The van der Waals surface area contributed by atoms with E-state index in [4.69, 9.17) is 21.1 Å². The van der Waals surface area contributed by atoms with E-state index in [9.17, 15) is 14.9 Å². The second-order valence-corrected chi connectivity index (χ2v) is 9.24. The van der Waals surface area contributed by atoms with Crippen LogP contribution in [0.3, 0.4) is 0 Å². The molecule has 1 heterocycles. The minimum absolute atomic E-state index is 0.0165. The number of halogens is 1. The standard InChI is InChI=1S/C27H32ClN3O4/c1-18-5-6-21(19(2)24(18)17-35-20(3)32)7-8-30-9-11-31(12-10-30)27(33)15-22-14-26(34-4)23(16-29)13-25(22)28/h5-6,13-14H,7-12,15,17H2,1-4H3. The second kappa shape index (κ2) is 12.1. The number of hydrogen-bond donors (Lipinski definition) is 0. The Kier molecular flexibility index (Phi) is 9.13. The normalized spacial score (nSPS) is 13.9. The molecule has 2 aromatic rings. The first-order valence-electron chi connectivity index (χ1n) is 11.7. The van der Waals surface area contributed by atoms with Crippen LogP contribution in [0.25, 0.3) is 0 Å². The highest BCUT2D eigenvalue weighted by Gasteiger charge is 2.22. The lowest BCUT2D eigenvalue weighted by molar-refractivity contribution is -0.142. The molecule has 3 rings (SSSR count). The first-order valence-corrected chi connectivity index (χ1v) is 12.1. The number of carbonyl (C=O) groups excluding carboxylic acids is 2. The Morgan fingerprint density at radius 3 is 2.46 bits per heavy atom. The zero-order chi connectivity index (χ0) is 25.5. The smallest absolute Gasteiger partial charge is 0.302 e. The summed E-state index contributed by atoms with van der Waals surface area (Å²) in [6.45, 7) is 9.68. The van der Waals surface area contributed by atoms with E-state index in [1.165, 1.54) is 25.2 Å². The molecule has 2 aromatic carbocycles. The van der Waals surface area contributed by atoms with E-state index in [0.29, 0.717) is 41.6 Å². The summed E-state index contributed by atoms with van der Waals surface area (Å²) in [7, 11) is 1.49. The van der Waals surface area contributed by atoms with Gasteiger partial charge < -0.3 is 14.4 Å². The average molecular weight is 498 g/mol. The van der Waals surface area contributed by atoms with Gasteiger partial charge in [0.1, 0.15) is 18.4 Å². The number of carbonyl (C=O) groups is 2. The minimum Gasteiger partial charge on any atom is -0.495 e. The van der Waals surface area contributed by atoms with Crippen LogP contribution in [0.4, 0.5) is 0 Å². The molecule has 0 aromatic heterocycles. The van der Waals surface area contributed by atoms with E-state index in [0.717, 1.165) is 37.2 Å². The molecular weight excluding hydrogens is 466 g/mol. The van der Waals surface area contributed by atoms with Crippen molar-refractivity contribution in [2.45, 2.75) is 40.2 Å². The molecule has 0 unspecified atom stereocenters.